The molecule has 2 aromatic carbocycles. The highest BCUT2D eigenvalue weighted by Gasteiger charge is 2.39. The molecular weight excluding hydrogens is 463 g/mol. The first kappa shape index (κ1) is 26.1. The van der Waals surface area contributed by atoms with E-state index in [4.69, 9.17) is 25.5 Å². The zero-order valence-corrected chi connectivity index (χ0v) is 18.2. The van der Waals surface area contributed by atoms with Crippen molar-refractivity contribution in [1.29, 1.82) is 10.5 Å². The monoisotopic (exact) mass is 483 g/mol. The lowest BCUT2D eigenvalue weighted by molar-refractivity contribution is -0.137. The van der Waals surface area contributed by atoms with Gasteiger partial charge in [-0.2, -0.15) is 23.7 Å². The van der Waals surface area contributed by atoms with Crippen LogP contribution in [0.25, 0.3) is 0 Å². The Balaban J connectivity index is 0.000000294. The van der Waals surface area contributed by atoms with Crippen molar-refractivity contribution in [3.05, 3.63) is 53.1 Å². The third-order valence-electron chi connectivity index (χ3n) is 4.75. The first-order valence-electron chi connectivity index (χ1n) is 9.36. The lowest BCUT2D eigenvalue weighted by atomic mass is 10.1. The van der Waals surface area contributed by atoms with Gasteiger partial charge < -0.3 is 20.1 Å². The fraction of sp³-hybridized carbons (Fsp3) is 0.333. The van der Waals surface area contributed by atoms with Crippen LogP contribution in [-0.4, -0.2) is 56.2 Å². The number of phenols is 1. The van der Waals surface area contributed by atoms with Crippen molar-refractivity contribution in [3.8, 4) is 23.6 Å². The number of benzene rings is 2. The van der Waals surface area contributed by atoms with Gasteiger partial charge in [-0.05, 0) is 36.8 Å². The van der Waals surface area contributed by atoms with Gasteiger partial charge in [0.25, 0.3) is 0 Å². The Kier molecular flexibility index (Phi) is 8.41. The SMILES string of the molecule is COc1cc(C#N)ccc1O.N#Cc1cc(C(F)(F)F)ccc1S(=O)N1CCC(O)(CO)C1. The Bertz CT molecular complexity index is 1110. The molecule has 1 heterocycles. The standard InChI is InChI=1S/C13H13F3N2O3S.C8H7NO2/c14-13(15,16)10-1-2-11(9(5-10)6-17)22(21)18-4-3-12(20,7-18)8-19;1-11-8-4-6(5-9)2-3-7(8)10/h1-2,5,19-20H,3-4,7-8H2;2-4,10H,1H3. The molecule has 0 aromatic heterocycles. The first-order chi connectivity index (χ1) is 15.5. The number of ether oxygens (including phenoxy) is 1. The Labute approximate surface area is 190 Å². The summed E-state index contributed by atoms with van der Waals surface area (Å²) in [6.07, 6.45) is -4.39. The van der Waals surface area contributed by atoms with E-state index in [2.05, 4.69) is 0 Å². The summed E-state index contributed by atoms with van der Waals surface area (Å²) in [5.74, 6) is 0.371. The number of nitriles is 2. The molecule has 3 rings (SSSR count). The van der Waals surface area contributed by atoms with Crippen molar-refractivity contribution >= 4 is 11.0 Å². The van der Waals surface area contributed by atoms with Gasteiger partial charge in [0, 0.05) is 19.2 Å². The Hall–Kier alpha value is -3.16. The van der Waals surface area contributed by atoms with E-state index < -0.39 is 34.9 Å². The number of rotatable bonds is 4. The lowest BCUT2D eigenvalue weighted by Crippen LogP contribution is -2.37. The van der Waals surface area contributed by atoms with E-state index in [-0.39, 0.29) is 35.7 Å². The minimum Gasteiger partial charge on any atom is -0.504 e. The zero-order valence-electron chi connectivity index (χ0n) is 17.3. The topological polar surface area (TPSA) is 138 Å². The van der Waals surface area contributed by atoms with E-state index in [0.29, 0.717) is 17.4 Å². The molecule has 0 bridgehead atoms. The molecule has 0 spiro atoms. The van der Waals surface area contributed by atoms with Gasteiger partial charge in [-0.1, -0.05) is 0 Å². The van der Waals surface area contributed by atoms with Crippen LogP contribution in [0.15, 0.2) is 41.3 Å². The average Bonchev–Trinajstić information content (AvgIpc) is 3.21. The van der Waals surface area contributed by atoms with Crippen molar-refractivity contribution in [2.45, 2.75) is 23.1 Å². The summed E-state index contributed by atoms with van der Waals surface area (Å²) in [7, 11) is -0.440. The Morgan fingerprint density at radius 1 is 1.21 bits per heavy atom. The van der Waals surface area contributed by atoms with E-state index >= 15 is 0 Å². The number of aliphatic hydroxyl groups is 2. The second kappa shape index (κ2) is 10.6. The second-order valence-electron chi connectivity index (χ2n) is 7.06. The number of hydrogen-bond acceptors (Lipinski definition) is 7. The van der Waals surface area contributed by atoms with E-state index in [9.17, 15) is 22.5 Å². The molecule has 2 aromatic rings. The molecule has 33 heavy (non-hydrogen) atoms. The predicted molar refractivity (Wildman–Crippen MR) is 110 cm³/mol. The quantitative estimate of drug-likeness (QED) is 0.607. The van der Waals surface area contributed by atoms with Crippen molar-refractivity contribution < 1.29 is 37.4 Å². The molecule has 0 aliphatic carbocycles. The third kappa shape index (κ3) is 6.43. The molecule has 1 saturated heterocycles. The molecule has 12 heteroatoms. The van der Waals surface area contributed by atoms with Crippen molar-refractivity contribution in [2.75, 3.05) is 26.8 Å². The average molecular weight is 483 g/mol. The van der Waals surface area contributed by atoms with E-state index in [1.165, 1.54) is 29.6 Å². The molecule has 2 unspecified atom stereocenters. The number of phenolic OH excluding ortho intramolecular Hbond substituents is 1. The van der Waals surface area contributed by atoms with Crippen LogP contribution < -0.4 is 4.74 Å². The van der Waals surface area contributed by atoms with Gasteiger partial charge in [0.05, 0.1) is 41.4 Å². The molecule has 3 N–H and O–H groups in total. The van der Waals surface area contributed by atoms with Gasteiger partial charge in [0.15, 0.2) is 11.5 Å². The summed E-state index contributed by atoms with van der Waals surface area (Å²) in [6, 6.07) is 10.4. The summed E-state index contributed by atoms with van der Waals surface area (Å²) >= 11 is 0. The van der Waals surface area contributed by atoms with Crippen molar-refractivity contribution in [2.24, 2.45) is 0 Å². The number of alkyl halides is 3. The molecule has 0 radical (unpaired) electrons. The van der Waals surface area contributed by atoms with Crippen LogP contribution in [0.3, 0.4) is 0 Å². The van der Waals surface area contributed by atoms with Crippen LogP contribution in [0.2, 0.25) is 0 Å². The molecule has 176 valence electrons. The zero-order chi connectivity index (χ0) is 24.8. The summed E-state index contributed by atoms with van der Waals surface area (Å²) in [6.45, 7) is -0.379. The maximum Gasteiger partial charge on any atom is 0.416 e. The number of aliphatic hydroxyl groups excluding tert-OH is 1. The molecule has 1 aliphatic rings. The van der Waals surface area contributed by atoms with Crippen LogP contribution >= 0.6 is 0 Å². The van der Waals surface area contributed by atoms with Gasteiger partial charge in [-0.15, -0.1) is 0 Å². The molecule has 8 nitrogen and oxygen atoms in total. The third-order valence-corrected chi connectivity index (χ3v) is 6.26. The summed E-state index contributed by atoms with van der Waals surface area (Å²) in [5.41, 5.74) is -2.22. The predicted octanol–water partition coefficient (Wildman–Crippen LogP) is 2.30. The van der Waals surface area contributed by atoms with Crippen molar-refractivity contribution in [3.63, 3.8) is 0 Å². The molecule has 1 fully saturated rings. The second-order valence-corrected chi connectivity index (χ2v) is 8.52. The van der Waals surface area contributed by atoms with Gasteiger partial charge in [0.1, 0.15) is 22.7 Å². The van der Waals surface area contributed by atoms with E-state index in [0.717, 1.165) is 12.1 Å². The highest BCUT2D eigenvalue weighted by molar-refractivity contribution is 7.82. The lowest BCUT2D eigenvalue weighted by Gasteiger charge is -2.20. The number of nitrogens with zero attached hydrogens (tertiary/aromatic N) is 3. The molecule has 2 atom stereocenters. The maximum absolute atomic E-state index is 12.6. The minimum absolute atomic E-state index is 0.0438. The summed E-state index contributed by atoms with van der Waals surface area (Å²) < 4.78 is 56.4. The Morgan fingerprint density at radius 2 is 1.91 bits per heavy atom. The van der Waals surface area contributed by atoms with Gasteiger partial charge in [-0.3, -0.25) is 0 Å². The summed E-state index contributed by atoms with van der Waals surface area (Å²) in [4.78, 5) is -0.0438. The van der Waals surface area contributed by atoms with E-state index in [1.54, 1.807) is 6.07 Å². The van der Waals surface area contributed by atoms with E-state index in [1.807, 2.05) is 6.07 Å². The number of aromatic hydroxyl groups is 1. The normalized spacial score (nSPS) is 19.0. The fourth-order valence-corrected chi connectivity index (χ4v) is 4.29. The van der Waals surface area contributed by atoms with Crippen molar-refractivity contribution in [1.82, 2.24) is 4.31 Å². The minimum atomic E-state index is -4.59. The summed E-state index contributed by atoms with van der Waals surface area (Å²) in [5, 5.41) is 45.5. The number of β-amino-alcohol motifs (C(OH)–C–C–N with tert-alkyl or cyclic N) is 1. The highest BCUT2D eigenvalue weighted by atomic mass is 32.2. The van der Waals surface area contributed by atoms with Gasteiger partial charge >= 0.3 is 6.18 Å². The maximum atomic E-state index is 12.6. The molecule has 1 aliphatic heterocycles. The molecular formula is C21H20F3N3O5S. The molecule has 0 saturated carbocycles. The highest BCUT2D eigenvalue weighted by Crippen LogP contribution is 2.32. The smallest absolute Gasteiger partial charge is 0.416 e. The van der Waals surface area contributed by atoms with Gasteiger partial charge in [-0.25, -0.2) is 8.51 Å². The molecule has 0 amide bonds. The number of halogens is 3. The Morgan fingerprint density at radius 3 is 2.42 bits per heavy atom. The van der Waals surface area contributed by atoms with Crippen LogP contribution in [0.1, 0.15) is 23.1 Å². The van der Waals surface area contributed by atoms with Crippen LogP contribution in [0.4, 0.5) is 13.2 Å². The van der Waals surface area contributed by atoms with Crippen LogP contribution in [0, 0.1) is 22.7 Å². The van der Waals surface area contributed by atoms with Crippen LogP contribution in [-0.2, 0) is 17.2 Å². The number of hydrogen-bond donors (Lipinski definition) is 3. The van der Waals surface area contributed by atoms with Gasteiger partial charge in [0.2, 0.25) is 0 Å². The fourth-order valence-electron chi connectivity index (χ4n) is 2.92. The first-order valence-corrected chi connectivity index (χ1v) is 10.5. The number of methoxy groups -OCH3 is 1. The largest absolute Gasteiger partial charge is 0.504 e. The van der Waals surface area contributed by atoms with Crippen LogP contribution in [0.5, 0.6) is 11.5 Å².